The van der Waals surface area contributed by atoms with E-state index in [1.807, 2.05) is 0 Å². The summed E-state index contributed by atoms with van der Waals surface area (Å²) in [5, 5.41) is 10.5. The third kappa shape index (κ3) is 18.3. The average molecular weight is 341 g/mol. The fourth-order valence-corrected chi connectivity index (χ4v) is 3.58. The number of rotatable bonds is 19. The maximum atomic E-state index is 10.5. The second-order valence-electron chi connectivity index (χ2n) is 8.30. The van der Waals surface area contributed by atoms with Crippen LogP contribution in [0.5, 0.6) is 0 Å². The van der Waals surface area contributed by atoms with Crippen molar-refractivity contribution in [1.29, 1.82) is 0 Å². The molecule has 1 atom stereocenters. The van der Waals surface area contributed by atoms with Crippen LogP contribution in [0.25, 0.3) is 0 Å². The maximum Gasteiger partial charge on any atom is 0.0619 e. The van der Waals surface area contributed by atoms with E-state index in [4.69, 9.17) is 0 Å². The van der Waals surface area contributed by atoms with Crippen LogP contribution in [0.3, 0.4) is 0 Å². The molecule has 0 fully saturated rings. The minimum atomic E-state index is -0.413. The van der Waals surface area contributed by atoms with Gasteiger partial charge in [0.1, 0.15) is 0 Å². The molecule has 0 radical (unpaired) electrons. The van der Waals surface area contributed by atoms with E-state index in [1.165, 1.54) is 109 Å². The lowest BCUT2D eigenvalue weighted by atomic mass is 9.91. The molecule has 0 aliphatic heterocycles. The summed E-state index contributed by atoms with van der Waals surface area (Å²) in [7, 11) is 0. The topological polar surface area (TPSA) is 20.2 Å². The number of hydrogen-bond acceptors (Lipinski definition) is 1. The first-order valence-electron chi connectivity index (χ1n) is 11.3. The van der Waals surface area contributed by atoms with Crippen molar-refractivity contribution in [3.63, 3.8) is 0 Å². The van der Waals surface area contributed by atoms with Crippen LogP contribution < -0.4 is 0 Å². The van der Waals surface area contributed by atoms with Crippen LogP contribution in [-0.4, -0.2) is 10.7 Å². The number of unbranched alkanes of at least 4 members (excludes halogenated alkanes) is 15. The van der Waals surface area contributed by atoms with Crippen molar-refractivity contribution in [2.75, 3.05) is 0 Å². The quantitative estimate of drug-likeness (QED) is 0.235. The van der Waals surface area contributed by atoms with Gasteiger partial charge in [-0.3, -0.25) is 0 Å². The molecule has 1 nitrogen and oxygen atoms in total. The lowest BCUT2D eigenvalue weighted by Gasteiger charge is -2.23. The Kier molecular flexibility index (Phi) is 17.7. The predicted molar refractivity (Wildman–Crippen MR) is 110 cm³/mol. The summed E-state index contributed by atoms with van der Waals surface area (Å²) in [6.45, 7) is 6.61. The summed E-state index contributed by atoms with van der Waals surface area (Å²) in [6.07, 6.45) is 25.1. The van der Waals surface area contributed by atoms with Crippen molar-refractivity contribution in [1.82, 2.24) is 0 Å². The maximum absolute atomic E-state index is 10.5. The molecule has 0 rings (SSSR count). The molecule has 1 heteroatoms. The van der Waals surface area contributed by atoms with Crippen LogP contribution in [0.15, 0.2) is 0 Å². The first-order chi connectivity index (χ1) is 11.6. The van der Waals surface area contributed by atoms with Gasteiger partial charge < -0.3 is 5.11 Å². The van der Waals surface area contributed by atoms with E-state index in [0.717, 1.165) is 12.8 Å². The second-order valence-corrected chi connectivity index (χ2v) is 8.30. The molecule has 0 spiro atoms. The van der Waals surface area contributed by atoms with Crippen LogP contribution in [0, 0.1) is 0 Å². The SMILES string of the molecule is CCCCCCCCCCCC(C)(O)CCCCCCCCCC. The largest absolute Gasteiger partial charge is 0.390 e. The van der Waals surface area contributed by atoms with E-state index in [2.05, 4.69) is 20.8 Å². The highest BCUT2D eigenvalue weighted by Crippen LogP contribution is 2.23. The molecule has 0 aromatic heterocycles. The minimum absolute atomic E-state index is 0.413. The Morgan fingerprint density at radius 1 is 0.458 bits per heavy atom. The Morgan fingerprint density at radius 3 is 1.00 bits per heavy atom. The molecular formula is C23H48O. The Hall–Kier alpha value is -0.0400. The molecule has 0 bridgehead atoms. The molecule has 0 aliphatic carbocycles. The van der Waals surface area contributed by atoms with Crippen LogP contribution in [0.2, 0.25) is 0 Å². The first kappa shape index (κ1) is 24.0. The first-order valence-corrected chi connectivity index (χ1v) is 11.3. The van der Waals surface area contributed by atoms with E-state index in [9.17, 15) is 5.11 Å². The van der Waals surface area contributed by atoms with Gasteiger partial charge in [-0.05, 0) is 19.8 Å². The zero-order valence-electron chi connectivity index (χ0n) is 17.4. The second kappa shape index (κ2) is 17.8. The molecule has 0 saturated carbocycles. The van der Waals surface area contributed by atoms with Crippen molar-refractivity contribution in [2.24, 2.45) is 0 Å². The Labute approximate surface area is 154 Å². The zero-order chi connectivity index (χ0) is 17.9. The predicted octanol–water partition coefficient (Wildman–Crippen LogP) is 8.19. The third-order valence-electron chi connectivity index (χ3n) is 5.39. The highest BCUT2D eigenvalue weighted by molar-refractivity contribution is 4.72. The Morgan fingerprint density at radius 2 is 0.708 bits per heavy atom. The lowest BCUT2D eigenvalue weighted by Crippen LogP contribution is -2.23. The van der Waals surface area contributed by atoms with Crippen molar-refractivity contribution >= 4 is 0 Å². The molecule has 0 aromatic carbocycles. The van der Waals surface area contributed by atoms with Crippen molar-refractivity contribution in [3.8, 4) is 0 Å². The Balaban J connectivity index is 3.32. The molecule has 1 unspecified atom stereocenters. The van der Waals surface area contributed by atoms with Gasteiger partial charge in [-0.25, -0.2) is 0 Å². The van der Waals surface area contributed by atoms with E-state index in [-0.39, 0.29) is 0 Å². The molecule has 146 valence electrons. The lowest BCUT2D eigenvalue weighted by molar-refractivity contribution is 0.0366. The van der Waals surface area contributed by atoms with Gasteiger partial charge >= 0.3 is 0 Å². The van der Waals surface area contributed by atoms with Gasteiger partial charge in [-0.1, -0.05) is 123 Å². The normalized spacial score (nSPS) is 14.0. The van der Waals surface area contributed by atoms with Crippen LogP contribution in [0.4, 0.5) is 0 Å². The third-order valence-corrected chi connectivity index (χ3v) is 5.39. The molecular weight excluding hydrogens is 292 g/mol. The zero-order valence-corrected chi connectivity index (χ0v) is 17.4. The molecule has 24 heavy (non-hydrogen) atoms. The van der Waals surface area contributed by atoms with E-state index in [1.54, 1.807) is 0 Å². The van der Waals surface area contributed by atoms with E-state index in [0.29, 0.717) is 0 Å². The molecule has 0 amide bonds. The molecule has 0 aliphatic rings. The van der Waals surface area contributed by atoms with Gasteiger partial charge in [0.25, 0.3) is 0 Å². The van der Waals surface area contributed by atoms with Crippen LogP contribution in [0.1, 0.15) is 143 Å². The van der Waals surface area contributed by atoms with Gasteiger partial charge in [0.05, 0.1) is 5.60 Å². The van der Waals surface area contributed by atoms with Gasteiger partial charge in [0, 0.05) is 0 Å². The van der Waals surface area contributed by atoms with Gasteiger partial charge in [0.15, 0.2) is 0 Å². The van der Waals surface area contributed by atoms with E-state index < -0.39 is 5.60 Å². The summed E-state index contributed by atoms with van der Waals surface area (Å²) < 4.78 is 0. The summed E-state index contributed by atoms with van der Waals surface area (Å²) in [6, 6.07) is 0. The van der Waals surface area contributed by atoms with Crippen molar-refractivity contribution in [3.05, 3.63) is 0 Å². The van der Waals surface area contributed by atoms with Crippen LogP contribution in [-0.2, 0) is 0 Å². The summed E-state index contributed by atoms with van der Waals surface area (Å²) in [5.41, 5.74) is -0.413. The molecule has 0 aromatic rings. The van der Waals surface area contributed by atoms with Crippen molar-refractivity contribution < 1.29 is 5.11 Å². The van der Waals surface area contributed by atoms with Crippen LogP contribution >= 0.6 is 0 Å². The molecule has 0 heterocycles. The highest BCUT2D eigenvalue weighted by Gasteiger charge is 2.18. The summed E-state index contributed by atoms with van der Waals surface area (Å²) in [4.78, 5) is 0. The number of aliphatic hydroxyl groups is 1. The van der Waals surface area contributed by atoms with Crippen molar-refractivity contribution in [2.45, 2.75) is 148 Å². The Bertz CT molecular complexity index is 234. The van der Waals surface area contributed by atoms with Gasteiger partial charge in [-0.15, -0.1) is 0 Å². The smallest absolute Gasteiger partial charge is 0.0619 e. The number of hydrogen-bond donors (Lipinski definition) is 1. The summed E-state index contributed by atoms with van der Waals surface area (Å²) in [5.74, 6) is 0. The molecule has 0 saturated heterocycles. The average Bonchev–Trinajstić information content (AvgIpc) is 2.55. The highest BCUT2D eigenvalue weighted by atomic mass is 16.3. The fraction of sp³-hybridized carbons (Fsp3) is 1.00. The van der Waals surface area contributed by atoms with Gasteiger partial charge in [0.2, 0.25) is 0 Å². The molecule has 1 N–H and O–H groups in total. The fourth-order valence-electron chi connectivity index (χ4n) is 3.58. The van der Waals surface area contributed by atoms with E-state index >= 15 is 0 Å². The minimum Gasteiger partial charge on any atom is -0.390 e. The standard InChI is InChI=1S/C23H48O/c1-4-6-8-10-12-14-16-18-20-22-23(3,24)21-19-17-15-13-11-9-7-5-2/h24H,4-22H2,1-3H3. The summed E-state index contributed by atoms with van der Waals surface area (Å²) >= 11 is 0. The van der Waals surface area contributed by atoms with Gasteiger partial charge in [-0.2, -0.15) is 0 Å². The monoisotopic (exact) mass is 340 g/mol.